The van der Waals surface area contributed by atoms with Gasteiger partial charge in [-0.15, -0.1) is 0 Å². The molecule has 0 spiro atoms. The minimum Gasteiger partial charge on any atom is -0.461 e. The Bertz CT molecular complexity index is 776. The van der Waals surface area contributed by atoms with E-state index in [9.17, 15) is 4.79 Å². The van der Waals surface area contributed by atoms with Crippen LogP contribution in [0, 0.1) is 22.7 Å². The lowest BCUT2D eigenvalue weighted by Gasteiger charge is -2.03. The van der Waals surface area contributed by atoms with E-state index in [1.54, 1.807) is 37.3 Å². The summed E-state index contributed by atoms with van der Waals surface area (Å²) in [7, 11) is 0. The third-order valence-electron chi connectivity index (χ3n) is 2.68. The molecule has 0 amide bonds. The number of esters is 1. The highest BCUT2D eigenvalue weighted by molar-refractivity contribution is 6.11. The van der Waals surface area contributed by atoms with Crippen molar-refractivity contribution in [2.45, 2.75) is 6.92 Å². The van der Waals surface area contributed by atoms with Gasteiger partial charge in [0.2, 0.25) is 5.71 Å². The van der Waals surface area contributed by atoms with E-state index in [1.165, 1.54) is 0 Å². The van der Waals surface area contributed by atoms with Crippen LogP contribution in [0.5, 0.6) is 0 Å². The zero-order chi connectivity index (χ0) is 15.2. The second-order valence-corrected chi connectivity index (χ2v) is 3.94. The fourth-order valence-corrected chi connectivity index (χ4v) is 1.80. The van der Waals surface area contributed by atoms with Crippen molar-refractivity contribution in [2.75, 3.05) is 12.0 Å². The summed E-state index contributed by atoms with van der Waals surface area (Å²) in [5, 5.41) is 21.8. The van der Waals surface area contributed by atoms with Crippen LogP contribution in [0.4, 0.5) is 5.69 Å². The van der Waals surface area contributed by atoms with Crippen molar-refractivity contribution in [2.24, 2.45) is 5.10 Å². The minimum atomic E-state index is -0.540. The Morgan fingerprint density at radius 1 is 1.38 bits per heavy atom. The van der Waals surface area contributed by atoms with Gasteiger partial charge in [-0.05, 0) is 13.0 Å². The third kappa shape index (κ3) is 2.82. The van der Waals surface area contributed by atoms with Crippen LogP contribution in [-0.4, -0.2) is 23.3 Å². The SMILES string of the molecule is CCOC(=O)c1[nH]c2ccccc2c1NN=C(C#N)C#N. The smallest absolute Gasteiger partial charge is 0.357 e. The summed E-state index contributed by atoms with van der Waals surface area (Å²) in [5.41, 5.74) is 3.53. The highest BCUT2D eigenvalue weighted by Gasteiger charge is 2.18. The quantitative estimate of drug-likeness (QED) is 0.506. The first kappa shape index (κ1) is 14.1. The maximum Gasteiger partial charge on any atom is 0.357 e. The second-order valence-electron chi connectivity index (χ2n) is 3.94. The van der Waals surface area contributed by atoms with Gasteiger partial charge in [-0.25, -0.2) is 4.79 Å². The second kappa shape index (κ2) is 6.22. The topological polar surface area (TPSA) is 114 Å². The Morgan fingerprint density at radius 3 is 2.76 bits per heavy atom. The van der Waals surface area contributed by atoms with Gasteiger partial charge in [0.05, 0.1) is 12.3 Å². The zero-order valence-corrected chi connectivity index (χ0v) is 11.2. The summed E-state index contributed by atoms with van der Waals surface area (Å²) in [6, 6.07) is 10.5. The number of para-hydroxylation sites is 1. The van der Waals surface area contributed by atoms with Crippen LogP contribution >= 0.6 is 0 Å². The molecule has 1 aromatic heterocycles. The molecule has 7 nitrogen and oxygen atoms in total. The molecule has 0 fully saturated rings. The molecule has 1 aromatic carbocycles. The average Bonchev–Trinajstić information content (AvgIpc) is 2.87. The number of nitrogens with zero attached hydrogens (tertiary/aromatic N) is 3. The Hall–Kier alpha value is -3.32. The summed E-state index contributed by atoms with van der Waals surface area (Å²) < 4.78 is 4.97. The van der Waals surface area contributed by atoms with E-state index in [0.717, 1.165) is 0 Å². The molecule has 0 atom stereocenters. The number of nitrogens with one attached hydrogen (secondary N) is 2. The normalized spacial score (nSPS) is 9.48. The summed E-state index contributed by atoms with van der Waals surface area (Å²) in [5.74, 6) is -0.540. The number of carbonyl (C=O) groups is 1. The maximum atomic E-state index is 11.9. The van der Waals surface area contributed by atoms with Crippen molar-refractivity contribution in [3.05, 3.63) is 30.0 Å². The molecule has 0 aliphatic rings. The predicted molar refractivity (Wildman–Crippen MR) is 76.5 cm³/mol. The summed E-state index contributed by atoms with van der Waals surface area (Å²) in [6.07, 6.45) is 0. The van der Waals surface area contributed by atoms with Gasteiger partial charge in [0.25, 0.3) is 0 Å². The molecule has 0 saturated heterocycles. The van der Waals surface area contributed by atoms with Crippen LogP contribution < -0.4 is 5.43 Å². The largest absolute Gasteiger partial charge is 0.461 e. The molecule has 7 heteroatoms. The number of hydrazone groups is 1. The van der Waals surface area contributed by atoms with Crippen molar-refractivity contribution in [3.8, 4) is 12.1 Å². The first-order chi connectivity index (χ1) is 10.2. The first-order valence-corrected chi connectivity index (χ1v) is 6.13. The number of carbonyl (C=O) groups excluding carboxylic acids is 1. The van der Waals surface area contributed by atoms with Crippen molar-refractivity contribution >= 4 is 28.3 Å². The van der Waals surface area contributed by atoms with Gasteiger partial charge >= 0.3 is 5.97 Å². The number of H-pyrrole nitrogens is 1. The molecule has 0 bridgehead atoms. The van der Waals surface area contributed by atoms with Gasteiger partial charge in [0.1, 0.15) is 12.1 Å². The number of rotatable bonds is 4. The molecule has 2 aromatic rings. The standard InChI is InChI=1S/C14H11N5O2/c1-2-21-14(20)13-12(19-18-9(7-15)8-16)10-5-3-4-6-11(10)17-13/h3-6,17,19H,2H2,1H3. The van der Waals surface area contributed by atoms with Gasteiger partial charge in [-0.3, -0.25) is 5.43 Å². The molecule has 0 aliphatic carbocycles. The maximum absolute atomic E-state index is 11.9. The lowest BCUT2D eigenvalue weighted by molar-refractivity contribution is 0.0521. The number of nitriles is 2. The fraction of sp³-hybridized carbons (Fsp3) is 0.143. The predicted octanol–water partition coefficient (Wildman–Crippen LogP) is 2.16. The number of ether oxygens (including phenoxy) is 1. The number of aromatic amines is 1. The average molecular weight is 281 g/mol. The van der Waals surface area contributed by atoms with Gasteiger partial charge in [-0.1, -0.05) is 18.2 Å². The molecular weight excluding hydrogens is 270 g/mol. The highest BCUT2D eigenvalue weighted by Crippen LogP contribution is 2.28. The van der Waals surface area contributed by atoms with E-state index in [2.05, 4.69) is 15.5 Å². The third-order valence-corrected chi connectivity index (χ3v) is 2.68. The first-order valence-electron chi connectivity index (χ1n) is 6.13. The molecular formula is C14H11N5O2. The van der Waals surface area contributed by atoms with Crippen LogP contribution in [0.25, 0.3) is 10.9 Å². The minimum absolute atomic E-state index is 0.192. The molecule has 0 radical (unpaired) electrons. The van der Waals surface area contributed by atoms with Gasteiger partial charge in [0, 0.05) is 10.9 Å². The number of hydrogen-bond acceptors (Lipinski definition) is 6. The molecule has 0 unspecified atom stereocenters. The summed E-state index contributed by atoms with van der Waals surface area (Å²) in [4.78, 5) is 14.9. The molecule has 2 N–H and O–H groups in total. The zero-order valence-electron chi connectivity index (χ0n) is 11.2. The van der Waals surface area contributed by atoms with E-state index in [-0.39, 0.29) is 18.0 Å². The van der Waals surface area contributed by atoms with E-state index >= 15 is 0 Å². The van der Waals surface area contributed by atoms with Crippen molar-refractivity contribution in [3.63, 3.8) is 0 Å². The van der Waals surface area contributed by atoms with Crippen LogP contribution in [0.2, 0.25) is 0 Å². The van der Waals surface area contributed by atoms with Crippen LogP contribution in [0.15, 0.2) is 29.4 Å². The van der Waals surface area contributed by atoms with Crippen LogP contribution in [0.1, 0.15) is 17.4 Å². The number of aromatic nitrogens is 1. The Morgan fingerprint density at radius 2 is 2.10 bits per heavy atom. The number of benzene rings is 1. The van der Waals surface area contributed by atoms with Crippen molar-refractivity contribution in [1.82, 2.24) is 4.98 Å². The van der Waals surface area contributed by atoms with Crippen LogP contribution in [0.3, 0.4) is 0 Å². The Kier molecular flexibility index (Phi) is 4.17. The Labute approximate surface area is 120 Å². The van der Waals surface area contributed by atoms with Crippen molar-refractivity contribution in [1.29, 1.82) is 10.5 Å². The number of fused-ring (bicyclic) bond motifs is 1. The van der Waals surface area contributed by atoms with Gasteiger partial charge in [-0.2, -0.15) is 15.6 Å². The molecule has 0 saturated carbocycles. The van der Waals surface area contributed by atoms with Gasteiger partial charge in [0.15, 0.2) is 5.69 Å². The number of hydrogen-bond donors (Lipinski definition) is 2. The summed E-state index contributed by atoms with van der Waals surface area (Å²) >= 11 is 0. The van der Waals surface area contributed by atoms with Gasteiger partial charge < -0.3 is 9.72 Å². The lowest BCUT2D eigenvalue weighted by Crippen LogP contribution is -2.08. The molecule has 21 heavy (non-hydrogen) atoms. The van der Waals surface area contributed by atoms with Crippen molar-refractivity contribution < 1.29 is 9.53 Å². The molecule has 1 heterocycles. The fourth-order valence-electron chi connectivity index (χ4n) is 1.80. The summed E-state index contributed by atoms with van der Waals surface area (Å²) in [6.45, 7) is 1.94. The van der Waals surface area contributed by atoms with Crippen LogP contribution in [-0.2, 0) is 4.74 Å². The molecule has 2 rings (SSSR count). The number of anilines is 1. The lowest BCUT2D eigenvalue weighted by atomic mass is 10.2. The highest BCUT2D eigenvalue weighted by atomic mass is 16.5. The van der Waals surface area contributed by atoms with E-state index in [0.29, 0.717) is 16.6 Å². The molecule has 104 valence electrons. The monoisotopic (exact) mass is 281 g/mol. The molecule has 0 aliphatic heterocycles. The van der Waals surface area contributed by atoms with E-state index < -0.39 is 5.97 Å². The van der Waals surface area contributed by atoms with E-state index in [4.69, 9.17) is 15.3 Å². The van der Waals surface area contributed by atoms with E-state index in [1.807, 2.05) is 6.07 Å². The Balaban J connectivity index is 2.51.